The first-order chi connectivity index (χ1) is 7.69. The summed E-state index contributed by atoms with van der Waals surface area (Å²) >= 11 is 12.9. The van der Waals surface area contributed by atoms with Crippen LogP contribution in [0.4, 0.5) is 0 Å². The smallest absolute Gasteiger partial charge is 0.0931 e. The van der Waals surface area contributed by atoms with Crippen molar-refractivity contribution in [2.24, 2.45) is 0 Å². The normalized spacial score (nSPS) is 12.9. The van der Waals surface area contributed by atoms with E-state index in [4.69, 9.17) is 11.6 Å². The topological polar surface area (TPSA) is 12.0 Å². The molecule has 0 aliphatic rings. The van der Waals surface area contributed by atoms with Gasteiger partial charge in [-0.1, -0.05) is 11.6 Å². The molecule has 2 rings (SSSR count). The molecule has 0 aliphatic heterocycles. The predicted octanol–water partition coefficient (Wildman–Crippen LogP) is 4.73. The molecular weight excluding hydrogens is 326 g/mol. The fourth-order valence-electron chi connectivity index (χ4n) is 1.52. The van der Waals surface area contributed by atoms with Gasteiger partial charge in [-0.2, -0.15) is 0 Å². The Labute approximate surface area is 117 Å². The average Bonchev–Trinajstić information content (AvgIpc) is 2.84. The minimum Gasteiger partial charge on any atom is -0.312 e. The highest BCUT2D eigenvalue weighted by molar-refractivity contribution is 9.10. The molecule has 0 radical (unpaired) electrons. The molecule has 5 heteroatoms. The molecule has 16 heavy (non-hydrogen) atoms. The molecule has 0 aliphatic carbocycles. The highest BCUT2D eigenvalue weighted by Crippen LogP contribution is 2.30. The predicted molar refractivity (Wildman–Crippen MR) is 76.9 cm³/mol. The van der Waals surface area contributed by atoms with Crippen LogP contribution in [0.15, 0.2) is 28.1 Å². The summed E-state index contributed by atoms with van der Waals surface area (Å²) in [6.45, 7) is 0. The summed E-state index contributed by atoms with van der Waals surface area (Å²) in [5.41, 5.74) is 0. The molecule has 86 valence electrons. The van der Waals surface area contributed by atoms with E-state index in [0.717, 1.165) is 15.2 Å². The number of hydrogen-bond acceptors (Lipinski definition) is 3. The van der Waals surface area contributed by atoms with E-state index in [1.54, 1.807) is 22.7 Å². The Kier molecular flexibility index (Phi) is 4.44. The van der Waals surface area contributed by atoms with Gasteiger partial charge in [0.05, 0.1) is 4.34 Å². The highest BCUT2D eigenvalue weighted by atomic mass is 79.9. The van der Waals surface area contributed by atoms with E-state index in [2.05, 4.69) is 38.8 Å². The van der Waals surface area contributed by atoms with E-state index in [9.17, 15) is 0 Å². The van der Waals surface area contributed by atoms with Crippen LogP contribution in [-0.2, 0) is 6.42 Å². The van der Waals surface area contributed by atoms with Gasteiger partial charge in [-0.25, -0.2) is 0 Å². The maximum absolute atomic E-state index is 5.95. The first-order valence-corrected chi connectivity index (χ1v) is 7.71. The van der Waals surface area contributed by atoms with Crippen molar-refractivity contribution in [2.75, 3.05) is 7.05 Å². The van der Waals surface area contributed by atoms with Gasteiger partial charge in [0.2, 0.25) is 0 Å². The van der Waals surface area contributed by atoms with Gasteiger partial charge in [-0.3, -0.25) is 0 Å². The summed E-state index contributed by atoms with van der Waals surface area (Å²) in [6, 6.07) is 6.57. The van der Waals surface area contributed by atoms with Gasteiger partial charge in [0.25, 0.3) is 0 Å². The van der Waals surface area contributed by atoms with E-state index in [1.807, 2.05) is 13.1 Å². The average molecular weight is 337 g/mol. The van der Waals surface area contributed by atoms with E-state index in [0.29, 0.717) is 6.04 Å². The van der Waals surface area contributed by atoms with Gasteiger partial charge >= 0.3 is 0 Å². The van der Waals surface area contributed by atoms with Crippen LogP contribution in [-0.4, -0.2) is 7.05 Å². The zero-order valence-corrected chi connectivity index (χ0v) is 12.6. The molecule has 0 amide bonds. The molecule has 1 nitrogen and oxygen atoms in total. The third-order valence-corrected chi connectivity index (χ3v) is 5.38. The Balaban J connectivity index is 2.12. The molecule has 0 bridgehead atoms. The van der Waals surface area contributed by atoms with Crippen molar-refractivity contribution in [3.05, 3.63) is 42.1 Å². The Morgan fingerprint density at radius 2 is 2.31 bits per heavy atom. The summed E-state index contributed by atoms with van der Waals surface area (Å²) < 4.78 is 2.01. The molecular formula is C11H11BrClNS2. The molecule has 1 atom stereocenters. The number of hydrogen-bond donors (Lipinski definition) is 1. The van der Waals surface area contributed by atoms with Crippen LogP contribution in [0.5, 0.6) is 0 Å². The quantitative estimate of drug-likeness (QED) is 0.851. The molecule has 0 saturated heterocycles. The Morgan fingerprint density at radius 1 is 1.50 bits per heavy atom. The third kappa shape index (κ3) is 3.08. The minimum absolute atomic E-state index is 0.350. The van der Waals surface area contributed by atoms with Crippen molar-refractivity contribution in [1.82, 2.24) is 5.32 Å². The second kappa shape index (κ2) is 5.65. The lowest BCUT2D eigenvalue weighted by Gasteiger charge is -2.12. The standard InChI is InChI=1S/C11H11BrClNS2/c1-14-9(10-2-3-11(13)16-10)5-8-4-7(12)6-15-8/h2-4,6,9,14H,5H2,1H3. The summed E-state index contributed by atoms with van der Waals surface area (Å²) in [5.74, 6) is 0. The molecule has 1 N–H and O–H groups in total. The molecule has 0 fully saturated rings. The lowest BCUT2D eigenvalue weighted by molar-refractivity contribution is 0.607. The Morgan fingerprint density at radius 3 is 2.81 bits per heavy atom. The number of halogens is 2. The molecule has 2 aromatic heterocycles. The molecule has 0 saturated carbocycles. The Bertz CT molecular complexity index is 466. The molecule has 0 spiro atoms. The third-order valence-electron chi connectivity index (χ3n) is 2.31. The van der Waals surface area contributed by atoms with E-state index in [-0.39, 0.29) is 0 Å². The second-order valence-electron chi connectivity index (χ2n) is 3.42. The van der Waals surface area contributed by atoms with Crippen molar-refractivity contribution in [1.29, 1.82) is 0 Å². The van der Waals surface area contributed by atoms with Crippen LogP contribution in [0.3, 0.4) is 0 Å². The van der Waals surface area contributed by atoms with Crippen LogP contribution < -0.4 is 5.32 Å². The largest absolute Gasteiger partial charge is 0.312 e. The van der Waals surface area contributed by atoms with Gasteiger partial charge in [0, 0.05) is 32.1 Å². The number of nitrogens with one attached hydrogen (secondary N) is 1. The van der Waals surface area contributed by atoms with Crippen molar-refractivity contribution in [3.63, 3.8) is 0 Å². The number of likely N-dealkylation sites (N-methyl/N-ethyl adjacent to an activating group) is 1. The molecule has 2 heterocycles. The van der Waals surface area contributed by atoms with Crippen molar-refractivity contribution in [2.45, 2.75) is 12.5 Å². The van der Waals surface area contributed by atoms with Gasteiger partial charge in [-0.05, 0) is 41.2 Å². The Hall–Kier alpha value is 0.130. The van der Waals surface area contributed by atoms with E-state index >= 15 is 0 Å². The highest BCUT2D eigenvalue weighted by Gasteiger charge is 2.13. The van der Waals surface area contributed by atoms with Crippen molar-refractivity contribution in [3.8, 4) is 0 Å². The summed E-state index contributed by atoms with van der Waals surface area (Å²) in [7, 11) is 1.99. The van der Waals surface area contributed by atoms with Gasteiger partial charge in [0.1, 0.15) is 0 Å². The summed E-state index contributed by atoms with van der Waals surface area (Å²) in [5, 5.41) is 5.45. The number of rotatable bonds is 4. The van der Waals surface area contributed by atoms with Crippen LogP contribution in [0.1, 0.15) is 15.8 Å². The first kappa shape index (κ1) is 12.6. The van der Waals surface area contributed by atoms with Gasteiger partial charge < -0.3 is 5.32 Å². The lowest BCUT2D eigenvalue weighted by Crippen LogP contribution is -2.17. The van der Waals surface area contributed by atoms with Gasteiger partial charge in [-0.15, -0.1) is 22.7 Å². The van der Waals surface area contributed by atoms with Crippen LogP contribution in [0.25, 0.3) is 0 Å². The van der Waals surface area contributed by atoms with Crippen LogP contribution in [0.2, 0.25) is 4.34 Å². The lowest BCUT2D eigenvalue weighted by atomic mass is 10.1. The molecule has 1 unspecified atom stereocenters. The molecule has 0 aromatic carbocycles. The summed E-state index contributed by atoms with van der Waals surface area (Å²) in [4.78, 5) is 2.66. The van der Waals surface area contributed by atoms with E-state index < -0.39 is 0 Å². The maximum atomic E-state index is 5.95. The fourth-order valence-corrected chi connectivity index (χ4v) is 4.19. The molecule has 2 aromatic rings. The summed E-state index contributed by atoms with van der Waals surface area (Å²) in [6.07, 6.45) is 1.00. The number of thiophene rings is 2. The zero-order chi connectivity index (χ0) is 11.5. The monoisotopic (exact) mass is 335 g/mol. The second-order valence-corrected chi connectivity index (χ2v) is 7.08. The van der Waals surface area contributed by atoms with E-state index in [1.165, 1.54) is 9.75 Å². The fraction of sp³-hybridized carbons (Fsp3) is 0.273. The maximum Gasteiger partial charge on any atom is 0.0931 e. The van der Waals surface area contributed by atoms with Crippen molar-refractivity contribution >= 4 is 50.2 Å². The van der Waals surface area contributed by atoms with Crippen LogP contribution >= 0.6 is 50.2 Å². The van der Waals surface area contributed by atoms with Crippen molar-refractivity contribution < 1.29 is 0 Å². The minimum atomic E-state index is 0.350. The van der Waals surface area contributed by atoms with Gasteiger partial charge in [0.15, 0.2) is 0 Å². The zero-order valence-electron chi connectivity index (χ0n) is 8.67. The SMILES string of the molecule is CNC(Cc1cc(Br)cs1)c1ccc(Cl)s1. The first-order valence-electron chi connectivity index (χ1n) is 4.84. The van der Waals surface area contributed by atoms with Crippen LogP contribution in [0, 0.1) is 0 Å².